The number of halogens is 3. The van der Waals surface area contributed by atoms with E-state index < -0.39 is 11.7 Å². The summed E-state index contributed by atoms with van der Waals surface area (Å²) in [6, 6.07) is 8.75. The van der Waals surface area contributed by atoms with Gasteiger partial charge in [-0.1, -0.05) is 23.2 Å². The summed E-state index contributed by atoms with van der Waals surface area (Å²) in [5, 5.41) is 7.98. The Morgan fingerprint density at radius 1 is 1.11 bits per heavy atom. The molecule has 1 heterocycles. The molecule has 2 N–H and O–H groups in total. The van der Waals surface area contributed by atoms with E-state index in [1.807, 2.05) is 0 Å². The van der Waals surface area contributed by atoms with Crippen LogP contribution in [0.15, 0.2) is 41.8 Å². The summed E-state index contributed by atoms with van der Waals surface area (Å²) in [6.45, 7) is 1.32. The Morgan fingerprint density at radius 2 is 1.89 bits per heavy atom. The van der Waals surface area contributed by atoms with E-state index in [9.17, 15) is 14.0 Å². The van der Waals surface area contributed by atoms with Crippen LogP contribution in [0, 0.1) is 5.82 Å². The minimum atomic E-state index is -0.709. The van der Waals surface area contributed by atoms with Gasteiger partial charge in [0, 0.05) is 28.6 Å². The van der Waals surface area contributed by atoms with Gasteiger partial charge in [0.25, 0.3) is 5.91 Å². The first-order chi connectivity index (χ1) is 12.8. The van der Waals surface area contributed by atoms with Gasteiger partial charge in [-0.05, 0) is 36.4 Å². The molecule has 1 aromatic heterocycles. The van der Waals surface area contributed by atoms with Crippen molar-refractivity contribution in [2.24, 2.45) is 0 Å². The van der Waals surface area contributed by atoms with Crippen molar-refractivity contribution in [1.82, 2.24) is 4.98 Å². The van der Waals surface area contributed by atoms with Crippen LogP contribution in [-0.4, -0.2) is 16.8 Å². The zero-order chi connectivity index (χ0) is 19.6. The lowest BCUT2D eigenvalue weighted by Gasteiger charge is -2.07. The fraction of sp³-hybridized carbons (Fsp3) is 0.0556. The smallest absolute Gasteiger partial charge is 0.260 e. The number of carbonyl (C=O) groups excluding carboxylic acids is 2. The second-order valence-electron chi connectivity index (χ2n) is 5.49. The number of hydrogen-bond acceptors (Lipinski definition) is 4. The predicted molar refractivity (Wildman–Crippen MR) is 106 cm³/mol. The molecular formula is C18H12Cl2FN3O2S. The van der Waals surface area contributed by atoms with Gasteiger partial charge in [-0.3, -0.25) is 14.9 Å². The second kappa shape index (κ2) is 8.04. The monoisotopic (exact) mass is 423 g/mol. The molecule has 9 heteroatoms. The van der Waals surface area contributed by atoms with Gasteiger partial charge in [0.15, 0.2) is 5.13 Å². The average molecular weight is 424 g/mol. The Labute approximate surface area is 168 Å². The summed E-state index contributed by atoms with van der Waals surface area (Å²) >= 11 is 13.2. The molecule has 0 saturated heterocycles. The molecule has 0 atom stereocenters. The molecule has 0 unspecified atom stereocenters. The summed E-state index contributed by atoms with van der Waals surface area (Å²) in [5.74, 6) is -1.71. The summed E-state index contributed by atoms with van der Waals surface area (Å²) < 4.78 is 14.0. The van der Waals surface area contributed by atoms with E-state index >= 15 is 0 Å². The lowest BCUT2D eigenvalue weighted by atomic mass is 10.1. The second-order valence-corrected chi connectivity index (χ2v) is 7.19. The van der Waals surface area contributed by atoms with Gasteiger partial charge in [0.1, 0.15) is 5.82 Å². The Kier molecular flexibility index (Phi) is 5.74. The molecule has 0 bridgehead atoms. The van der Waals surface area contributed by atoms with E-state index in [4.69, 9.17) is 23.2 Å². The molecule has 0 spiro atoms. The number of nitrogens with one attached hydrogen (secondary N) is 2. The van der Waals surface area contributed by atoms with Crippen LogP contribution in [0.25, 0.3) is 11.3 Å². The number of rotatable bonds is 4. The number of hydrogen-bond donors (Lipinski definition) is 2. The molecule has 2 amide bonds. The van der Waals surface area contributed by atoms with E-state index in [-0.39, 0.29) is 16.6 Å². The summed E-state index contributed by atoms with van der Waals surface area (Å²) in [4.78, 5) is 27.8. The number of benzene rings is 2. The zero-order valence-corrected chi connectivity index (χ0v) is 16.2. The first-order valence-electron chi connectivity index (χ1n) is 7.63. The number of anilines is 2. The lowest BCUT2D eigenvalue weighted by Crippen LogP contribution is -2.15. The Hall–Kier alpha value is -2.48. The van der Waals surface area contributed by atoms with Crippen LogP contribution in [0.3, 0.4) is 0 Å². The van der Waals surface area contributed by atoms with Crippen LogP contribution in [-0.2, 0) is 4.79 Å². The van der Waals surface area contributed by atoms with Crippen molar-refractivity contribution in [3.8, 4) is 11.3 Å². The highest BCUT2D eigenvalue weighted by Crippen LogP contribution is 2.32. The minimum Gasteiger partial charge on any atom is -0.326 e. The Balaban J connectivity index is 1.81. The number of carbonyl (C=O) groups is 2. The van der Waals surface area contributed by atoms with E-state index in [1.54, 1.807) is 23.6 Å². The number of aromatic nitrogens is 1. The van der Waals surface area contributed by atoms with Crippen LogP contribution in [0.2, 0.25) is 10.0 Å². The normalized spacial score (nSPS) is 10.5. The third-order valence-corrected chi connectivity index (χ3v) is 4.77. The molecule has 3 rings (SSSR count). The first-order valence-corrected chi connectivity index (χ1v) is 9.26. The molecule has 138 valence electrons. The topological polar surface area (TPSA) is 71.1 Å². The molecule has 0 fully saturated rings. The number of amides is 2. The fourth-order valence-corrected chi connectivity index (χ4v) is 3.51. The largest absolute Gasteiger partial charge is 0.326 e. The average Bonchev–Trinajstić information content (AvgIpc) is 3.04. The maximum absolute atomic E-state index is 14.0. The van der Waals surface area contributed by atoms with Gasteiger partial charge >= 0.3 is 0 Å². The maximum Gasteiger partial charge on any atom is 0.260 e. The van der Waals surface area contributed by atoms with Gasteiger partial charge in [-0.25, -0.2) is 9.37 Å². The van der Waals surface area contributed by atoms with Crippen LogP contribution in [0.1, 0.15) is 17.3 Å². The molecule has 3 aromatic rings. The van der Waals surface area contributed by atoms with Crippen molar-refractivity contribution in [2.45, 2.75) is 6.92 Å². The van der Waals surface area contributed by atoms with Gasteiger partial charge in [0.2, 0.25) is 5.91 Å². The van der Waals surface area contributed by atoms with Crippen LogP contribution >= 0.6 is 34.5 Å². The molecule has 0 aliphatic rings. The molecule has 0 radical (unpaired) electrons. The summed E-state index contributed by atoms with van der Waals surface area (Å²) in [5.41, 5.74) is 1.34. The van der Waals surface area contributed by atoms with Crippen molar-refractivity contribution in [3.05, 3.63) is 63.2 Å². The first kappa shape index (κ1) is 19.3. The van der Waals surface area contributed by atoms with Crippen LogP contribution in [0.4, 0.5) is 15.2 Å². The molecular weight excluding hydrogens is 412 g/mol. The van der Waals surface area contributed by atoms with Crippen LogP contribution in [0.5, 0.6) is 0 Å². The van der Waals surface area contributed by atoms with E-state index in [0.29, 0.717) is 27.0 Å². The maximum atomic E-state index is 14.0. The molecule has 0 saturated carbocycles. The SMILES string of the molecule is CC(=O)Nc1ccc(F)c(C(=O)Nc2nc(-c3ccc(Cl)cc3Cl)cs2)c1. The zero-order valence-electron chi connectivity index (χ0n) is 13.8. The molecule has 0 aliphatic heterocycles. The van der Waals surface area contributed by atoms with E-state index in [0.717, 1.165) is 6.07 Å². The molecule has 5 nitrogen and oxygen atoms in total. The fourth-order valence-electron chi connectivity index (χ4n) is 2.30. The van der Waals surface area contributed by atoms with E-state index in [1.165, 1.54) is 30.4 Å². The standard InChI is InChI=1S/C18H12Cl2FN3O2S/c1-9(25)22-11-3-5-15(21)13(7-11)17(26)24-18-23-16(8-27-18)12-4-2-10(19)6-14(12)20/h2-8H,1H3,(H,22,25)(H,23,24,26). The van der Waals surface area contributed by atoms with E-state index in [2.05, 4.69) is 15.6 Å². The van der Waals surface area contributed by atoms with Crippen molar-refractivity contribution < 1.29 is 14.0 Å². The Morgan fingerprint density at radius 3 is 2.59 bits per heavy atom. The third kappa shape index (κ3) is 4.63. The lowest BCUT2D eigenvalue weighted by molar-refractivity contribution is -0.114. The van der Waals surface area contributed by atoms with Gasteiger partial charge in [-0.2, -0.15) is 0 Å². The van der Waals surface area contributed by atoms with Gasteiger partial charge in [-0.15, -0.1) is 11.3 Å². The van der Waals surface area contributed by atoms with Gasteiger partial charge in [0.05, 0.1) is 16.3 Å². The van der Waals surface area contributed by atoms with Crippen molar-refractivity contribution in [3.63, 3.8) is 0 Å². The Bertz CT molecular complexity index is 1040. The van der Waals surface area contributed by atoms with Crippen molar-refractivity contribution in [1.29, 1.82) is 0 Å². The molecule has 0 aliphatic carbocycles. The minimum absolute atomic E-state index is 0.206. The summed E-state index contributed by atoms with van der Waals surface area (Å²) in [6.07, 6.45) is 0. The number of thiazole rings is 1. The third-order valence-electron chi connectivity index (χ3n) is 3.46. The van der Waals surface area contributed by atoms with Gasteiger partial charge < -0.3 is 5.32 Å². The molecule has 27 heavy (non-hydrogen) atoms. The predicted octanol–water partition coefficient (Wildman–Crippen LogP) is 5.47. The highest BCUT2D eigenvalue weighted by atomic mass is 35.5. The highest BCUT2D eigenvalue weighted by Gasteiger charge is 2.16. The van der Waals surface area contributed by atoms with Crippen LogP contribution < -0.4 is 10.6 Å². The quantitative estimate of drug-likeness (QED) is 0.584. The van der Waals surface area contributed by atoms with Crippen molar-refractivity contribution in [2.75, 3.05) is 10.6 Å². The number of nitrogens with zero attached hydrogens (tertiary/aromatic N) is 1. The highest BCUT2D eigenvalue weighted by molar-refractivity contribution is 7.14. The van der Waals surface area contributed by atoms with Crippen molar-refractivity contribution >= 4 is 57.2 Å². The molecule has 2 aromatic carbocycles. The summed E-state index contributed by atoms with van der Waals surface area (Å²) in [7, 11) is 0.